The van der Waals surface area contributed by atoms with Crippen molar-refractivity contribution in [3.05, 3.63) is 35.5 Å². The van der Waals surface area contributed by atoms with Crippen LogP contribution >= 0.6 is 0 Å². The van der Waals surface area contributed by atoms with Gasteiger partial charge in [-0.2, -0.15) is 0 Å². The topological polar surface area (TPSA) is 17.1 Å². The molecule has 0 aromatic rings. The van der Waals surface area contributed by atoms with Crippen LogP contribution in [0.3, 0.4) is 0 Å². The van der Waals surface area contributed by atoms with Crippen molar-refractivity contribution in [2.24, 2.45) is 23.2 Å². The van der Waals surface area contributed by atoms with Gasteiger partial charge in [0.1, 0.15) is 5.78 Å². The van der Waals surface area contributed by atoms with Crippen molar-refractivity contribution in [1.29, 1.82) is 0 Å². The molecule has 3 atom stereocenters. The lowest BCUT2D eigenvalue weighted by atomic mass is 9.69. The van der Waals surface area contributed by atoms with Crippen molar-refractivity contribution in [3.63, 3.8) is 0 Å². The van der Waals surface area contributed by atoms with Gasteiger partial charge in [0, 0.05) is 11.8 Å². The minimum Gasteiger partial charge on any atom is -0.300 e. The van der Waals surface area contributed by atoms with Crippen molar-refractivity contribution >= 4 is 5.78 Å². The molecular weight excluding hydrogens is 220 g/mol. The first-order valence-electron chi connectivity index (χ1n) is 7.11. The molecule has 0 aromatic carbocycles. The maximum absolute atomic E-state index is 11.9. The third-order valence-electron chi connectivity index (χ3n) is 5.25. The van der Waals surface area contributed by atoms with E-state index in [1.54, 1.807) is 12.5 Å². The monoisotopic (exact) mass is 242 g/mol. The Bertz CT molecular complexity index is 476. The van der Waals surface area contributed by atoms with E-state index < -0.39 is 0 Å². The van der Waals surface area contributed by atoms with E-state index >= 15 is 0 Å². The molecule has 0 heterocycles. The molecule has 0 aromatic heterocycles. The second-order valence-electron chi connectivity index (χ2n) is 6.61. The lowest BCUT2D eigenvalue weighted by Gasteiger charge is -2.35. The van der Waals surface area contributed by atoms with Gasteiger partial charge in [-0.3, -0.25) is 4.79 Å². The molecule has 0 saturated heterocycles. The maximum Gasteiger partial charge on any atom is 0.133 e. The lowest BCUT2D eigenvalue weighted by Crippen LogP contribution is -2.27. The molecule has 0 radical (unpaired) electrons. The Morgan fingerprint density at radius 3 is 2.78 bits per heavy atom. The third kappa shape index (κ3) is 1.56. The number of carbonyl (C=O) groups is 1. The van der Waals surface area contributed by atoms with Gasteiger partial charge in [0.15, 0.2) is 0 Å². The van der Waals surface area contributed by atoms with Crippen molar-refractivity contribution in [1.82, 2.24) is 0 Å². The highest BCUT2D eigenvalue weighted by molar-refractivity contribution is 5.80. The van der Waals surface area contributed by atoms with Gasteiger partial charge in [-0.25, -0.2) is 0 Å². The van der Waals surface area contributed by atoms with Crippen LogP contribution in [0.15, 0.2) is 35.5 Å². The average Bonchev–Trinajstić information content (AvgIpc) is 2.61. The number of fused-ring (bicyclic) bond motifs is 2. The molecule has 3 unspecified atom stereocenters. The van der Waals surface area contributed by atoms with E-state index in [1.165, 1.54) is 18.4 Å². The van der Waals surface area contributed by atoms with Gasteiger partial charge in [0.05, 0.1) is 0 Å². The van der Waals surface area contributed by atoms with E-state index in [0.717, 1.165) is 6.42 Å². The smallest absolute Gasteiger partial charge is 0.133 e. The summed E-state index contributed by atoms with van der Waals surface area (Å²) in [7, 11) is 0. The van der Waals surface area contributed by atoms with E-state index in [-0.39, 0.29) is 11.3 Å². The Morgan fingerprint density at radius 2 is 2.06 bits per heavy atom. The summed E-state index contributed by atoms with van der Waals surface area (Å²) in [6.45, 7) is 6.31. The van der Waals surface area contributed by atoms with Crippen molar-refractivity contribution < 1.29 is 4.79 Å². The summed E-state index contributed by atoms with van der Waals surface area (Å²) >= 11 is 0. The van der Waals surface area contributed by atoms with Crippen molar-refractivity contribution in [2.75, 3.05) is 0 Å². The van der Waals surface area contributed by atoms with Gasteiger partial charge < -0.3 is 0 Å². The van der Waals surface area contributed by atoms with Crippen LogP contribution in [0, 0.1) is 23.2 Å². The predicted molar refractivity (Wildman–Crippen MR) is 74.1 cm³/mol. The highest BCUT2D eigenvalue weighted by Crippen LogP contribution is 2.57. The SMILES string of the molecule is CC(=O)C1CC2CCC3C=CC=CC3=C2C1(C)C. The zero-order valence-corrected chi connectivity index (χ0v) is 11.6. The molecule has 3 aliphatic carbocycles. The van der Waals surface area contributed by atoms with E-state index in [4.69, 9.17) is 0 Å². The fraction of sp³-hybridized carbons (Fsp3) is 0.588. The Morgan fingerprint density at radius 1 is 1.28 bits per heavy atom. The van der Waals surface area contributed by atoms with Crippen LogP contribution < -0.4 is 0 Å². The largest absolute Gasteiger partial charge is 0.300 e. The molecule has 3 rings (SSSR count). The average molecular weight is 242 g/mol. The zero-order chi connectivity index (χ0) is 12.9. The highest BCUT2D eigenvalue weighted by Gasteiger charge is 2.49. The number of allylic oxidation sites excluding steroid dienone is 6. The summed E-state index contributed by atoms with van der Waals surface area (Å²) in [5, 5.41) is 0. The van der Waals surface area contributed by atoms with Gasteiger partial charge in [-0.05, 0) is 43.1 Å². The number of rotatable bonds is 1. The highest BCUT2D eigenvalue weighted by atomic mass is 16.1. The van der Waals surface area contributed by atoms with Gasteiger partial charge in [0.25, 0.3) is 0 Å². The molecule has 18 heavy (non-hydrogen) atoms. The Labute approximate surface area is 110 Å². The standard InChI is InChI=1S/C17H22O/c1-11(18)15-10-13-9-8-12-6-4-5-7-14(12)16(13)17(15,2)3/h4-7,12-13,15H,8-10H2,1-3H3. The third-order valence-corrected chi connectivity index (χ3v) is 5.25. The number of hydrogen-bond acceptors (Lipinski definition) is 1. The Hall–Kier alpha value is -1.11. The maximum atomic E-state index is 11.9. The van der Waals surface area contributed by atoms with Gasteiger partial charge in [0.2, 0.25) is 0 Å². The molecule has 3 aliphatic rings. The summed E-state index contributed by atoms with van der Waals surface area (Å²) in [4.78, 5) is 11.9. The van der Waals surface area contributed by atoms with Crippen LogP contribution in [-0.2, 0) is 4.79 Å². The number of hydrogen-bond donors (Lipinski definition) is 0. The molecule has 0 bridgehead atoms. The first-order valence-corrected chi connectivity index (χ1v) is 7.11. The second-order valence-corrected chi connectivity index (χ2v) is 6.61. The van der Waals surface area contributed by atoms with Crippen LogP contribution in [0.1, 0.15) is 40.0 Å². The van der Waals surface area contributed by atoms with E-state index in [9.17, 15) is 4.79 Å². The Kier molecular flexibility index (Phi) is 2.62. The first kappa shape index (κ1) is 12.0. The number of Topliss-reactive ketones (excluding diaryl/α,β-unsaturated/α-hetero) is 1. The Balaban J connectivity index is 2.11. The molecule has 1 heteroatoms. The van der Waals surface area contributed by atoms with E-state index in [2.05, 4.69) is 38.2 Å². The van der Waals surface area contributed by atoms with E-state index in [1.807, 2.05) is 0 Å². The van der Waals surface area contributed by atoms with Gasteiger partial charge in [-0.1, -0.05) is 43.7 Å². The van der Waals surface area contributed by atoms with Crippen molar-refractivity contribution in [3.8, 4) is 0 Å². The molecular formula is C17H22O. The van der Waals surface area contributed by atoms with Crippen LogP contribution in [0.5, 0.6) is 0 Å². The zero-order valence-electron chi connectivity index (χ0n) is 11.6. The van der Waals surface area contributed by atoms with Crippen LogP contribution in [0.25, 0.3) is 0 Å². The summed E-state index contributed by atoms with van der Waals surface area (Å²) < 4.78 is 0. The fourth-order valence-electron chi connectivity index (χ4n) is 4.46. The number of ketones is 1. The van der Waals surface area contributed by atoms with Gasteiger partial charge >= 0.3 is 0 Å². The molecule has 1 fully saturated rings. The van der Waals surface area contributed by atoms with Crippen LogP contribution in [-0.4, -0.2) is 5.78 Å². The molecule has 0 amide bonds. The molecule has 1 saturated carbocycles. The van der Waals surface area contributed by atoms with Crippen LogP contribution in [0.2, 0.25) is 0 Å². The number of carbonyl (C=O) groups excluding carboxylic acids is 1. The van der Waals surface area contributed by atoms with Crippen molar-refractivity contribution in [2.45, 2.75) is 40.0 Å². The molecule has 1 nitrogen and oxygen atoms in total. The summed E-state index contributed by atoms with van der Waals surface area (Å²) in [5.41, 5.74) is 3.15. The quantitative estimate of drug-likeness (QED) is 0.677. The lowest BCUT2D eigenvalue weighted by molar-refractivity contribution is -0.122. The fourth-order valence-corrected chi connectivity index (χ4v) is 4.46. The first-order chi connectivity index (χ1) is 8.51. The summed E-state index contributed by atoms with van der Waals surface area (Å²) in [6.07, 6.45) is 12.5. The van der Waals surface area contributed by atoms with Gasteiger partial charge in [-0.15, -0.1) is 0 Å². The minimum absolute atomic E-state index is 0.0556. The molecule has 0 spiro atoms. The van der Waals surface area contributed by atoms with E-state index in [0.29, 0.717) is 17.6 Å². The summed E-state index contributed by atoms with van der Waals surface area (Å²) in [5.74, 6) is 1.85. The molecule has 0 aliphatic heterocycles. The molecule has 0 N–H and O–H groups in total. The normalized spacial score (nSPS) is 36.5. The van der Waals surface area contributed by atoms with Crippen LogP contribution in [0.4, 0.5) is 0 Å². The second kappa shape index (κ2) is 3.94. The minimum atomic E-state index is 0.0556. The molecule has 96 valence electrons. The predicted octanol–water partition coefficient (Wildman–Crippen LogP) is 4.07. The summed E-state index contributed by atoms with van der Waals surface area (Å²) in [6, 6.07) is 0.